The minimum atomic E-state index is 0.533. The van der Waals surface area contributed by atoms with Crippen molar-refractivity contribution in [2.75, 3.05) is 45.9 Å². The normalized spacial score (nSPS) is 17.1. The van der Waals surface area contributed by atoms with Crippen LogP contribution in [0.15, 0.2) is 11.2 Å². The molecule has 0 bridgehead atoms. The van der Waals surface area contributed by atoms with Crippen LogP contribution in [0.1, 0.15) is 16.3 Å². The van der Waals surface area contributed by atoms with Crippen molar-refractivity contribution >= 4 is 17.3 Å². The molecular formula is C14H25N5OS. The van der Waals surface area contributed by atoms with Crippen LogP contribution in [0.2, 0.25) is 0 Å². The van der Waals surface area contributed by atoms with E-state index in [1.54, 1.807) is 11.3 Å². The van der Waals surface area contributed by atoms with E-state index in [4.69, 9.17) is 10.5 Å². The number of hydrogen-bond donors (Lipinski definition) is 2. The quantitative estimate of drug-likeness (QED) is 0.439. The summed E-state index contributed by atoms with van der Waals surface area (Å²) in [5, 5.41) is 4.28. The van der Waals surface area contributed by atoms with Crippen molar-refractivity contribution < 1.29 is 4.74 Å². The van der Waals surface area contributed by atoms with E-state index in [0.717, 1.165) is 63.8 Å². The van der Waals surface area contributed by atoms with Gasteiger partial charge in [0.05, 0.1) is 18.2 Å². The maximum atomic E-state index is 5.85. The van der Waals surface area contributed by atoms with Crippen LogP contribution in [-0.2, 0) is 11.2 Å². The number of aliphatic imine (C=N–C) groups is 1. The SMILES string of the molecule is Cc1cnc(CCNC(N)=NCCCN2CCOCC2)s1. The molecule has 1 aromatic heterocycles. The smallest absolute Gasteiger partial charge is 0.188 e. The molecule has 0 atom stereocenters. The maximum absolute atomic E-state index is 5.85. The highest BCUT2D eigenvalue weighted by Gasteiger charge is 2.08. The molecule has 6 nitrogen and oxygen atoms in total. The molecule has 1 aromatic rings. The largest absolute Gasteiger partial charge is 0.379 e. The molecular weight excluding hydrogens is 286 g/mol. The Morgan fingerprint density at radius 3 is 3.05 bits per heavy atom. The number of nitrogens with zero attached hydrogens (tertiary/aromatic N) is 3. The molecule has 0 amide bonds. The molecule has 1 fully saturated rings. The lowest BCUT2D eigenvalue weighted by molar-refractivity contribution is 0.0377. The van der Waals surface area contributed by atoms with Crippen molar-refractivity contribution in [2.24, 2.45) is 10.7 Å². The number of morpholine rings is 1. The average Bonchev–Trinajstić information content (AvgIpc) is 2.90. The first-order valence-corrected chi connectivity index (χ1v) is 8.31. The molecule has 1 saturated heterocycles. The van der Waals surface area contributed by atoms with Crippen LogP contribution < -0.4 is 11.1 Å². The van der Waals surface area contributed by atoms with E-state index in [1.165, 1.54) is 4.88 Å². The third kappa shape index (κ3) is 6.41. The first kappa shape index (κ1) is 16.2. The predicted molar refractivity (Wildman–Crippen MR) is 86.9 cm³/mol. The fourth-order valence-corrected chi connectivity index (χ4v) is 2.98. The standard InChI is InChI=1S/C14H25N5OS/c1-12-11-18-13(21-12)3-5-17-14(15)16-4-2-6-19-7-9-20-10-8-19/h11H,2-10H2,1H3,(H3,15,16,17). The van der Waals surface area contributed by atoms with Crippen molar-refractivity contribution in [2.45, 2.75) is 19.8 Å². The summed E-state index contributed by atoms with van der Waals surface area (Å²) in [5.41, 5.74) is 5.85. The molecule has 118 valence electrons. The Hall–Kier alpha value is -1.18. The molecule has 2 rings (SSSR count). The van der Waals surface area contributed by atoms with Crippen molar-refractivity contribution in [1.82, 2.24) is 15.2 Å². The van der Waals surface area contributed by atoms with Gasteiger partial charge in [0.15, 0.2) is 5.96 Å². The molecule has 3 N–H and O–H groups in total. The summed E-state index contributed by atoms with van der Waals surface area (Å²) < 4.78 is 5.32. The number of hydrogen-bond acceptors (Lipinski definition) is 5. The molecule has 0 spiro atoms. The van der Waals surface area contributed by atoms with Crippen molar-refractivity contribution in [3.8, 4) is 0 Å². The van der Waals surface area contributed by atoms with Gasteiger partial charge in [-0.3, -0.25) is 9.89 Å². The van der Waals surface area contributed by atoms with Gasteiger partial charge >= 0.3 is 0 Å². The zero-order chi connectivity index (χ0) is 14.9. The lowest BCUT2D eigenvalue weighted by atomic mass is 10.3. The topological polar surface area (TPSA) is 75.8 Å². The van der Waals surface area contributed by atoms with E-state index in [2.05, 4.69) is 27.1 Å². The van der Waals surface area contributed by atoms with Crippen molar-refractivity contribution in [3.63, 3.8) is 0 Å². The van der Waals surface area contributed by atoms with E-state index < -0.39 is 0 Å². The zero-order valence-corrected chi connectivity index (χ0v) is 13.5. The van der Waals surface area contributed by atoms with Gasteiger partial charge in [0.2, 0.25) is 0 Å². The van der Waals surface area contributed by atoms with Crippen LogP contribution in [0.5, 0.6) is 0 Å². The summed E-state index contributed by atoms with van der Waals surface area (Å²) in [5.74, 6) is 0.533. The first-order chi connectivity index (χ1) is 10.2. The number of nitrogens with two attached hydrogens (primary N) is 1. The molecule has 0 aromatic carbocycles. The molecule has 0 unspecified atom stereocenters. The highest BCUT2D eigenvalue weighted by molar-refractivity contribution is 7.11. The molecule has 0 aliphatic carbocycles. The fraction of sp³-hybridized carbons (Fsp3) is 0.714. The molecule has 21 heavy (non-hydrogen) atoms. The van der Waals surface area contributed by atoms with Crippen LogP contribution >= 0.6 is 11.3 Å². The van der Waals surface area contributed by atoms with Crippen LogP contribution in [0.25, 0.3) is 0 Å². The van der Waals surface area contributed by atoms with Crippen LogP contribution in [0.4, 0.5) is 0 Å². The lowest BCUT2D eigenvalue weighted by Gasteiger charge is -2.26. The first-order valence-electron chi connectivity index (χ1n) is 7.49. The van der Waals surface area contributed by atoms with Gasteiger partial charge in [-0.25, -0.2) is 4.98 Å². The minimum Gasteiger partial charge on any atom is -0.379 e. The number of ether oxygens (including phenoxy) is 1. The summed E-state index contributed by atoms with van der Waals surface area (Å²) in [7, 11) is 0. The van der Waals surface area contributed by atoms with Crippen molar-refractivity contribution in [3.05, 3.63) is 16.1 Å². The zero-order valence-electron chi connectivity index (χ0n) is 12.7. The van der Waals surface area contributed by atoms with Gasteiger partial charge < -0.3 is 15.8 Å². The predicted octanol–water partition coefficient (Wildman–Crippen LogP) is 0.621. The van der Waals surface area contributed by atoms with Gasteiger partial charge in [-0.05, 0) is 13.3 Å². The lowest BCUT2D eigenvalue weighted by Crippen LogP contribution is -2.37. The molecule has 2 heterocycles. The summed E-state index contributed by atoms with van der Waals surface area (Å²) >= 11 is 1.73. The van der Waals surface area contributed by atoms with E-state index in [-0.39, 0.29) is 0 Å². The van der Waals surface area contributed by atoms with Gasteiger partial charge in [0.25, 0.3) is 0 Å². The Morgan fingerprint density at radius 1 is 1.52 bits per heavy atom. The van der Waals surface area contributed by atoms with Gasteiger partial charge in [0.1, 0.15) is 0 Å². The van der Waals surface area contributed by atoms with E-state index in [1.807, 2.05) is 6.20 Å². The number of rotatable bonds is 7. The Balaban J connectivity index is 1.54. The summed E-state index contributed by atoms with van der Waals surface area (Å²) in [6.07, 6.45) is 3.83. The molecule has 1 aliphatic rings. The summed E-state index contributed by atoms with van der Waals surface area (Å²) in [6.45, 7) is 8.46. The van der Waals surface area contributed by atoms with Crippen LogP contribution in [0.3, 0.4) is 0 Å². The molecule has 1 aliphatic heterocycles. The van der Waals surface area contributed by atoms with Gasteiger partial charge in [-0.1, -0.05) is 0 Å². The van der Waals surface area contributed by atoms with Gasteiger partial charge in [-0.2, -0.15) is 0 Å². The Morgan fingerprint density at radius 2 is 2.33 bits per heavy atom. The van der Waals surface area contributed by atoms with Crippen LogP contribution in [0, 0.1) is 6.92 Å². The second kappa shape index (κ2) is 8.96. The van der Waals surface area contributed by atoms with E-state index >= 15 is 0 Å². The molecule has 7 heteroatoms. The number of aromatic nitrogens is 1. The van der Waals surface area contributed by atoms with Gasteiger partial charge in [-0.15, -0.1) is 11.3 Å². The highest BCUT2D eigenvalue weighted by atomic mass is 32.1. The Labute approximate surface area is 130 Å². The number of nitrogens with one attached hydrogen (secondary N) is 1. The molecule has 0 saturated carbocycles. The average molecular weight is 311 g/mol. The maximum Gasteiger partial charge on any atom is 0.188 e. The van der Waals surface area contributed by atoms with E-state index in [0.29, 0.717) is 5.96 Å². The fourth-order valence-electron chi connectivity index (χ4n) is 2.19. The third-order valence-corrected chi connectivity index (χ3v) is 4.30. The number of guanidine groups is 1. The minimum absolute atomic E-state index is 0.533. The monoisotopic (exact) mass is 311 g/mol. The molecule has 0 radical (unpaired) electrons. The Kier molecular flexibility index (Phi) is 6.91. The van der Waals surface area contributed by atoms with Crippen molar-refractivity contribution in [1.29, 1.82) is 0 Å². The number of aryl methyl sites for hydroxylation is 1. The highest BCUT2D eigenvalue weighted by Crippen LogP contribution is 2.10. The van der Waals surface area contributed by atoms with E-state index in [9.17, 15) is 0 Å². The second-order valence-corrected chi connectivity index (χ2v) is 6.44. The van der Waals surface area contributed by atoms with Gasteiger partial charge in [0, 0.05) is 50.2 Å². The summed E-state index contributed by atoms with van der Waals surface area (Å²) in [4.78, 5) is 12.3. The van der Waals surface area contributed by atoms with Crippen LogP contribution in [-0.4, -0.2) is 61.8 Å². The Bertz CT molecular complexity index is 442. The third-order valence-electron chi connectivity index (χ3n) is 3.33. The number of thiazole rings is 1. The summed E-state index contributed by atoms with van der Waals surface area (Å²) in [6, 6.07) is 0. The second-order valence-electron chi connectivity index (χ2n) is 5.12.